The third-order valence-electron chi connectivity index (χ3n) is 4.53. The second-order valence-electron chi connectivity index (χ2n) is 6.83. The van der Waals surface area contributed by atoms with Crippen LogP contribution in [0.15, 0.2) is 53.4 Å². The molecule has 0 unspecified atom stereocenters. The monoisotopic (exact) mass is 374 g/mol. The lowest BCUT2D eigenvalue weighted by atomic mass is 10.0. The Morgan fingerprint density at radius 3 is 2.12 bits per heavy atom. The van der Waals surface area contributed by atoms with Crippen molar-refractivity contribution in [1.29, 1.82) is 0 Å². The zero-order chi connectivity index (χ0) is 18.8. The summed E-state index contributed by atoms with van der Waals surface area (Å²) in [7, 11) is -3.80. The van der Waals surface area contributed by atoms with Gasteiger partial charge in [-0.25, -0.2) is 0 Å². The molecule has 0 aliphatic carbocycles. The van der Waals surface area contributed by atoms with Crippen LogP contribution < -0.4 is 4.18 Å². The molecule has 0 aromatic heterocycles. The maximum absolute atomic E-state index is 12.5. The summed E-state index contributed by atoms with van der Waals surface area (Å²) in [4.78, 5) is 0.189. The molecule has 3 nitrogen and oxygen atoms in total. The molecule has 26 heavy (non-hydrogen) atoms. The SMILES string of the molecule is CCCCCCCCCc1ccccc1OS(=O)(=O)c1ccc(C)cc1. The fourth-order valence-electron chi connectivity index (χ4n) is 2.94. The summed E-state index contributed by atoms with van der Waals surface area (Å²) in [6.45, 7) is 4.15. The molecule has 0 fully saturated rings. The molecular weight excluding hydrogens is 344 g/mol. The lowest BCUT2D eigenvalue weighted by Crippen LogP contribution is -2.11. The Morgan fingerprint density at radius 2 is 1.42 bits per heavy atom. The summed E-state index contributed by atoms with van der Waals surface area (Å²) < 4.78 is 30.5. The second-order valence-corrected chi connectivity index (χ2v) is 8.38. The Bertz CT molecular complexity index is 764. The lowest BCUT2D eigenvalue weighted by Gasteiger charge is -2.11. The smallest absolute Gasteiger partial charge is 0.339 e. The van der Waals surface area contributed by atoms with E-state index in [-0.39, 0.29) is 4.90 Å². The van der Waals surface area contributed by atoms with Crippen LogP contribution in [0.2, 0.25) is 0 Å². The number of aryl methyl sites for hydroxylation is 2. The largest absolute Gasteiger partial charge is 0.379 e. The summed E-state index contributed by atoms with van der Waals surface area (Å²) in [6.07, 6.45) is 9.48. The highest BCUT2D eigenvalue weighted by Gasteiger charge is 2.18. The van der Waals surface area contributed by atoms with E-state index in [0.29, 0.717) is 5.75 Å². The number of rotatable bonds is 11. The zero-order valence-electron chi connectivity index (χ0n) is 15.9. The normalized spacial score (nSPS) is 11.5. The summed E-state index contributed by atoms with van der Waals surface area (Å²) in [5.74, 6) is 0.444. The van der Waals surface area contributed by atoms with E-state index in [0.717, 1.165) is 24.0 Å². The average Bonchev–Trinajstić information content (AvgIpc) is 2.62. The van der Waals surface area contributed by atoms with Crippen molar-refractivity contribution in [2.24, 2.45) is 0 Å². The van der Waals surface area contributed by atoms with Crippen molar-refractivity contribution in [1.82, 2.24) is 0 Å². The van der Waals surface area contributed by atoms with Crippen LogP contribution in [-0.4, -0.2) is 8.42 Å². The highest BCUT2D eigenvalue weighted by Crippen LogP contribution is 2.25. The van der Waals surface area contributed by atoms with E-state index in [2.05, 4.69) is 6.92 Å². The predicted octanol–water partition coefficient (Wildman–Crippen LogP) is 6.06. The van der Waals surface area contributed by atoms with Crippen LogP contribution in [0.3, 0.4) is 0 Å². The third kappa shape index (κ3) is 6.49. The van der Waals surface area contributed by atoms with Crippen molar-refractivity contribution in [3.8, 4) is 5.75 Å². The number of benzene rings is 2. The van der Waals surface area contributed by atoms with Gasteiger partial charge in [0.1, 0.15) is 10.6 Å². The molecule has 142 valence electrons. The van der Waals surface area contributed by atoms with E-state index in [1.807, 2.05) is 25.1 Å². The van der Waals surface area contributed by atoms with Crippen LogP contribution in [0, 0.1) is 6.92 Å². The molecule has 4 heteroatoms. The van der Waals surface area contributed by atoms with Gasteiger partial charge in [0.2, 0.25) is 0 Å². The molecule has 0 radical (unpaired) electrons. The second kappa shape index (κ2) is 10.4. The fraction of sp³-hybridized carbons (Fsp3) is 0.455. The van der Waals surface area contributed by atoms with Gasteiger partial charge in [-0.2, -0.15) is 8.42 Å². The van der Waals surface area contributed by atoms with E-state index >= 15 is 0 Å². The Balaban J connectivity index is 1.94. The quantitative estimate of drug-likeness (QED) is 0.355. The first-order valence-electron chi connectivity index (χ1n) is 9.62. The maximum atomic E-state index is 12.5. The zero-order valence-corrected chi connectivity index (χ0v) is 16.7. The van der Waals surface area contributed by atoms with Crippen molar-refractivity contribution in [3.63, 3.8) is 0 Å². The van der Waals surface area contributed by atoms with Crippen molar-refractivity contribution < 1.29 is 12.6 Å². The molecule has 0 heterocycles. The molecule has 0 saturated carbocycles. The van der Waals surface area contributed by atoms with Gasteiger partial charge in [0.05, 0.1) is 0 Å². The first-order chi connectivity index (χ1) is 12.5. The Kier molecular flexibility index (Phi) is 8.17. The molecule has 2 aromatic carbocycles. The van der Waals surface area contributed by atoms with E-state index in [1.165, 1.54) is 38.5 Å². The predicted molar refractivity (Wildman–Crippen MR) is 107 cm³/mol. The van der Waals surface area contributed by atoms with Crippen LogP contribution in [0.4, 0.5) is 0 Å². The standard InChI is InChI=1S/C22H30O3S/c1-3-4-5-6-7-8-9-12-20-13-10-11-14-22(20)25-26(23,24)21-17-15-19(2)16-18-21/h10-11,13-18H,3-9,12H2,1-2H3. The Morgan fingerprint density at radius 1 is 0.808 bits per heavy atom. The van der Waals surface area contributed by atoms with Gasteiger partial charge < -0.3 is 4.18 Å². The minimum Gasteiger partial charge on any atom is -0.379 e. The molecule has 0 atom stereocenters. The minimum absolute atomic E-state index is 0.189. The van der Waals surface area contributed by atoms with Gasteiger partial charge in [-0.05, 0) is 43.5 Å². The van der Waals surface area contributed by atoms with E-state index in [9.17, 15) is 8.42 Å². The molecule has 0 N–H and O–H groups in total. The summed E-state index contributed by atoms with van der Waals surface area (Å²) in [5.41, 5.74) is 1.97. The molecule has 0 saturated heterocycles. The highest BCUT2D eigenvalue weighted by molar-refractivity contribution is 7.87. The van der Waals surface area contributed by atoms with Crippen molar-refractivity contribution >= 4 is 10.1 Å². The summed E-state index contributed by atoms with van der Waals surface area (Å²) in [6, 6.07) is 14.2. The van der Waals surface area contributed by atoms with Gasteiger partial charge >= 0.3 is 10.1 Å². The Hall–Kier alpha value is -1.81. The number of para-hydroxylation sites is 1. The van der Waals surface area contributed by atoms with Crippen LogP contribution >= 0.6 is 0 Å². The van der Waals surface area contributed by atoms with E-state index in [4.69, 9.17) is 4.18 Å². The van der Waals surface area contributed by atoms with Gasteiger partial charge in [-0.3, -0.25) is 0 Å². The maximum Gasteiger partial charge on any atom is 0.339 e. The van der Waals surface area contributed by atoms with Gasteiger partial charge in [0, 0.05) is 0 Å². The van der Waals surface area contributed by atoms with Gasteiger partial charge in [0.15, 0.2) is 0 Å². The first-order valence-corrected chi connectivity index (χ1v) is 11.0. The van der Waals surface area contributed by atoms with Crippen LogP contribution in [0.25, 0.3) is 0 Å². The van der Waals surface area contributed by atoms with Gasteiger partial charge in [0.25, 0.3) is 0 Å². The molecule has 0 aliphatic rings. The highest BCUT2D eigenvalue weighted by atomic mass is 32.2. The molecule has 0 bridgehead atoms. The van der Waals surface area contributed by atoms with E-state index in [1.54, 1.807) is 30.3 Å². The summed E-state index contributed by atoms with van der Waals surface area (Å²) in [5, 5.41) is 0. The summed E-state index contributed by atoms with van der Waals surface area (Å²) >= 11 is 0. The number of unbranched alkanes of at least 4 members (excludes halogenated alkanes) is 6. The van der Waals surface area contributed by atoms with Gasteiger partial charge in [-0.15, -0.1) is 0 Å². The van der Waals surface area contributed by atoms with Crippen molar-refractivity contribution in [2.45, 2.75) is 70.1 Å². The molecule has 2 rings (SSSR count). The molecular formula is C22H30O3S. The van der Waals surface area contributed by atoms with Crippen LogP contribution in [-0.2, 0) is 16.5 Å². The molecule has 0 aliphatic heterocycles. The Labute approximate surface area is 158 Å². The van der Waals surface area contributed by atoms with Crippen LogP contribution in [0.5, 0.6) is 5.75 Å². The molecule has 2 aromatic rings. The van der Waals surface area contributed by atoms with E-state index < -0.39 is 10.1 Å². The van der Waals surface area contributed by atoms with Crippen LogP contribution in [0.1, 0.15) is 63.0 Å². The van der Waals surface area contributed by atoms with Crippen molar-refractivity contribution in [2.75, 3.05) is 0 Å². The lowest BCUT2D eigenvalue weighted by molar-refractivity contribution is 0.481. The third-order valence-corrected chi connectivity index (χ3v) is 5.78. The minimum atomic E-state index is -3.80. The van der Waals surface area contributed by atoms with Crippen molar-refractivity contribution in [3.05, 3.63) is 59.7 Å². The molecule has 0 amide bonds. The topological polar surface area (TPSA) is 43.4 Å². The molecule has 0 spiro atoms. The number of hydrogen-bond donors (Lipinski definition) is 0. The van der Waals surface area contributed by atoms with Gasteiger partial charge in [-0.1, -0.05) is 81.3 Å². The fourth-order valence-corrected chi connectivity index (χ4v) is 3.90. The number of hydrogen-bond acceptors (Lipinski definition) is 3. The average molecular weight is 375 g/mol. The first kappa shape index (κ1) is 20.5.